The fourth-order valence-electron chi connectivity index (χ4n) is 2.86. The Hall–Kier alpha value is -1.07. The van der Waals surface area contributed by atoms with E-state index in [4.69, 9.17) is 0 Å². The van der Waals surface area contributed by atoms with Crippen molar-refractivity contribution in [3.05, 3.63) is 34.9 Å². The minimum absolute atomic E-state index is 0.100. The van der Waals surface area contributed by atoms with Crippen LogP contribution in [0.4, 0.5) is 13.2 Å². The molecule has 0 atom stereocenters. The van der Waals surface area contributed by atoms with Gasteiger partial charge in [0.2, 0.25) is 0 Å². The van der Waals surface area contributed by atoms with Crippen molar-refractivity contribution in [1.82, 2.24) is 9.80 Å². The minimum Gasteiger partial charge on any atom is -0.301 e. The van der Waals surface area contributed by atoms with Gasteiger partial charge in [0.05, 0.1) is 5.56 Å². The molecule has 1 aliphatic heterocycles. The first-order valence-corrected chi connectivity index (χ1v) is 9.96. The van der Waals surface area contributed by atoms with Gasteiger partial charge in [-0.3, -0.25) is 4.90 Å². The summed E-state index contributed by atoms with van der Waals surface area (Å²) in [5, 5.41) is 0. The second-order valence-electron chi connectivity index (χ2n) is 6.28. The zero-order valence-electron chi connectivity index (χ0n) is 17.6. The fourth-order valence-corrected chi connectivity index (χ4v) is 2.86. The van der Waals surface area contributed by atoms with E-state index in [1.807, 2.05) is 47.6 Å². The van der Waals surface area contributed by atoms with Gasteiger partial charge in [-0.2, -0.15) is 13.2 Å². The van der Waals surface area contributed by atoms with Gasteiger partial charge in [-0.15, -0.1) is 0 Å². The minimum atomic E-state index is -4.29. The van der Waals surface area contributed by atoms with E-state index >= 15 is 0 Å². The molecule has 0 aromatic heterocycles. The van der Waals surface area contributed by atoms with Crippen LogP contribution < -0.4 is 0 Å². The molecular weight excluding hydrogens is 337 g/mol. The van der Waals surface area contributed by atoms with E-state index in [9.17, 15) is 13.2 Å². The average molecular weight is 375 g/mol. The summed E-state index contributed by atoms with van der Waals surface area (Å²) in [5.74, 6) is 0.100. The SMILES string of the molecule is CC.CC.CCN1CCN(Cc2ccc(C(C)C)cc2C(F)(F)F)CC1. The molecular formula is C21H37F3N2. The van der Waals surface area contributed by atoms with Gasteiger partial charge in [0.15, 0.2) is 0 Å². The third-order valence-corrected chi connectivity index (χ3v) is 4.41. The van der Waals surface area contributed by atoms with E-state index in [2.05, 4.69) is 16.7 Å². The molecule has 1 aromatic rings. The molecule has 1 heterocycles. The summed E-state index contributed by atoms with van der Waals surface area (Å²) >= 11 is 0. The first-order valence-electron chi connectivity index (χ1n) is 9.96. The number of likely N-dealkylation sites (N-methyl/N-ethyl adjacent to an activating group) is 1. The van der Waals surface area contributed by atoms with E-state index in [1.165, 1.54) is 6.07 Å². The van der Waals surface area contributed by atoms with Crippen LogP contribution in [0.3, 0.4) is 0 Å². The number of piperazine rings is 1. The molecule has 152 valence electrons. The summed E-state index contributed by atoms with van der Waals surface area (Å²) in [6, 6.07) is 4.81. The lowest BCUT2D eigenvalue weighted by molar-refractivity contribution is -0.138. The topological polar surface area (TPSA) is 6.48 Å². The summed E-state index contributed by atoms with van der Waals surface area (Å²) in [6.45, 7) is 18.9. The molecule has 0 N–H and O–H groups in total. The lowest BCUT2D eigenvalue weighted by Gasteiger charge is -2.34. The van der Waals surface area contributed by atoms with E-state index in [-0.39, 0.29) is 5.92 Å². The number of hydrogen-bond acceptors (Lipinski definition) is 2. The van der Waals surface area contributed by atoms with Crippen molar-refractivity contribution in [2.75, 3.05) is 32.7 Å². The van der Waals surface area contributed by atoms with Crippen LogP contribution in [0.1, 0.15) is 71.1 Å². The second-order valence-corrected chi connectivity index (χ2v) is 6.28. The Labute approximate surface area is 158 Å². The maximum atomic E-state index is 13.3. The molecule has 0 radical (unpaired) electrons. The highest BCUT2D eigenvalue weighted by atomic mass is 19.4. The van der Waals surface area contributed by atoms with Crippen LogP contribution in [-0.2, 0) is 12.7 Å². The highest BCUT2D eigenvalue weighted by molar-refractivity contribution is 5.35. The third-order valence-electron chi connectivity index (χ3n) is 4.41. The standard InChI is InChI=1S/C17H25F3N2.2C2H6/c1-4-21-7-9-22(10-8-21)12-15-6-5-14(13(2)3)11-16(15)17(18,19)20;2*1-2/h5-6,11,13H,4,7-10,12H2,1-3H3;2*1-2H3. The number of alkyl halides is 3. The van der Waals surface area contributed by atoms with Gasteiger partial charge >= 0.3 is 6.18 Å². The quantitative estimate of drug-likeness (QED) is 0.636. The van der Waals surface area contributed by atoms with Crippen LogP contribution in [0.15, 0.2) is 18.2 Å². The van der Waals surface area contributed by atoms with Crippen LogP contribution >= 0.6 is 0 Å². The van der Waals surface area contributed by atoms with Crippen molar-refractivity contribution >= 4 is 0 Å². The molecule has 0 spiro atoms. The fraction of sp³-hybridized carbons (Fsp3) is 0.714. The Morgan fingerprint density at radius 1 is 0.923 bits per heavy atom. The first-order chi connectivity index (χ1) is 12.3. The molecule has 26 heavy (non-hydrogen) atoms. The van der Waals surface area contributed by atoms with Crippen molar-refractivity contribution in [2.45, 2.75) is 67.1 Å². The van der Waals surface area contributed by atoms with E-state index in [1.54, 1.807) is 6.07 Å². The Morgan fingerprint density at radius 2 is 1.42 bits per heavy atom. The summed E-state index contributed by atoms with van der Waals surface area (Å²) in [6.07, 6.45) is -4.29. The summed E-state index contributed by atoms with van der Waals surface area (Å²) in [4.78, 5) is 4.44. The lowest BCUT2D eigenvalue weighted by atomic mass is 9.96. The van der Waals surface area contributed by atoms with E-state index in [0.717, 1.165) is 38.3 Å². The lowest BCUT2D eigenvalue weighted by Crippen LogP contribution is -2.45. The molecule has 0 bridgehead atoms. The molecule has 0 amide bonds. The van der Waals surface area contributed by atoms with Gasteiger partial charge in [0.1, 0.15) is 0 Å². The average Bonchev–Trinajstić information content (AvgIpc) is 2.65. The zero-order valence-corrected chi connectivity index (χ0v) is 17.6. The van der Waals surface area contributed by atoms with Gasteiger partial charge in [0, 0.05) is 32.7 Å². The Bertz CT molecular complexity index is 491. The molecule has 2 rings (SSSR count). The van der Waals surface area contributed by atoms with Crippen molar-refractivity contribution in [3.8, 4) is 0 Å². The van der Waals surface area contributed by atoms with Crippen molar-refractivity contribution < 1.29 is 13.2 Å². The zero-order chi connectivity index (χ0) is 20.3. The van der Waals surface area contributed by atoms with E-state index < -0.39 is 11.7 Å². The van der Waals surface area contributed by atoms with Crippen LogP contribution in [0.5, 0.6) is 0 Å². The van der Waals surface area contributed by atoms with Gasteiger partial charge in [0.25, 0.3) is 0 Å². The molecule has 1 saturated heterocycles. The van der Waals surface area contributed by atoms with Gasteiger partial charge in [-0.1, -0.05) is 60.6 Å². The number of rotatable bonds is 4. The summed E-state index contributed by atoms with van der Waals surface area (Å²) in [7, 11) is 0. The van der Waals surface area contributed by atoms with Crippen LogP contribution in [0.2, 0.25) is 0 Å². The Balaban J connectivity index is 0.00000146. The molecule has 2 nitrogen and oxygen atoms in total. The second kappa shape index (κ2) is 12.3. The monoisotopic (exact) mass is 374 g/mol. The van der Waals surface area contributed by atoms with Gasteiger partial charge in [-0.25, -0.2) is 0 Å². The first kappa shape index (κ1) is 24.9. The highest BCUT2D eigenvalue weighted by Gasteiger charge is 2.34. The smallest absolute Gasteiger partial charge is 0.301 e. The molecule has 1 aliphatic rings. The largest absolute Gasteiger partial charge is 0.416 e. The van der Waals surface area contributed by atoms with Crippen LogP contribution in [-0.4, -0.2) is 42.5 Å². The van der Waals surface area contributed by atoms with E-state index in [0.29, 0.717) is 12.1 Å². The normalized spacial score (nSPS) is 15.8. The number of nitrogens with zero attached hydrogens (tertiary/aromatic N) is 2. The van der Waals surface area contributed by atoms with Crippen LogP contribution in [0.25, 0.3) is 0 Å². The van der Waals surface area contributed by atoms with Crippen molar-refractivity contribution in [3.63, 3.8) is 0 Å². The molecule has 1 fully saturated rings. The Morgan fingerprint density at radius 3 is 1.85 bits per heavy atom. The van der Waals surface area contributed by atoms with Crippen molar-refractivity contribution in [1.29, 1.82) is 0 Å². The maximum absolute atomic E-state index is 13.3. The molecule has 0 saturated carbocycles. The number of benzene rings is 1. The molecule has 1 aromatic carbocycles. The van der Waals surface area contributed by atoms with Crippen LogP contribution in [0, 0.1) is 0 Å². The predicted octanol–water partition coefficient (Wildman–Crippen LogP) is 6.02. The Kier molecular flexibility index (Phi) is 11.8. The maximum Gasteiger partial charge on any atom is 0.416 e. The number of hydrogen-bond donors (Lipinski definition) is 0. The highest BCUT2D eigenvalue weighted by Crippen LogP contribution is 2.34. The summed E-state index contributed by atoms with van der Waals surface area (Å²) < 4.78 is 40.0. The van der Waals surface area contributed by atoms with Gasteiger partial charge in [-0.05, 0) is 29.7 Å². The number of halogens is 3. The van der Waals surface area contributed by atoms with Gasteiger partial charge < -0.3 is 4.90 Å². The summed E-state index contributed by atoms with van der Waals surface area (Å²) in [5.41, 5.74) is 0.658. The molecule has 0 aliphatic carbocycles. The molecule has 0 unspecified atom stereocenters. The van der Waals surface area contributed by atoms with Crippen molar-refractivity contribution in [2.24, 2.45) is 0 Å². The molecule has 5 heteroatoms. The third kappa shape index (κ3) is 7.67. The predicted molar refractivity (Wildman–Crippen MR) is 106 cm³/mol.